The highest BCUT2D eigenvalue weighted by atomic mass is 16.5. The zero-order chi connectivity index (χ0) is 11.9. The summed E-state index contributed by atoms with van der Waals surface area (Å²) < 4.78 is 7.95. The Morgan fingerprint density at radius 1 is 1.47 bits per heavy atom. The molecule has 1 N–H and O–H groups in total. The minimum Gasteiger partial charge on any atom is -0.377 e. The molecule has 1 unspecified atom stereocenters. The standard InChI is InChI=1S/C14H24N2O/c1-2-7-16-8-6-13(12-16)10-15-11-14-5-3-4-9-17-14/h6,8,12,14-15H,2-5,7,9-11H2,1H3. The molecule has 0 saturated carbocycles. The van der Waals surface area contributed by atoms with Crippen molar-refractivity contribution in [2.45, 2.75) is 51.8 Å². The molecule has 0 radical (unpaired) electrons. The first-order valence-electron chi connectivity index (χ1n) is 6.85. The summed E-state index contributed by atoms with van der Waals surface area (Å²) in [7, 11) is 0. The Hall–Kier alpha value is -0.800. The quantitative estimate of drug-likeness (QED) is 0.821. The van der Waals surface area contributed by atoms with E-state index in [1.54, 1.807) is 0 Å². The molecule has 3 nitrogen and oxygen atoms in total. The highest BCUT2D eigenvalue weighted by molar-refractivity contribution is 5.09. The van der Waals surface area contributed by atoms with Crippen molar-refractivity contribution in [1.29, 1.82) is 0 Å². The molecule has 1 aliphatic rings. The fraction of sp³-hybridized carbons (Fsp3) is 0.714. The van der Waals surface area contributed by atoms with Gasteiger partial charge in [0.05, 0.1) is 6.10 Å². The third kappa shape index (κ3) is 4.17. The molecular weight excluding hydrogens is 212 g/mol. The highest BCUT2D eigenvalue weighted by Gasteiger charge is 2.12. The zero-order valence-corrected chi connectivity index (χ0v) is 10.8. The summed E-state index contributed by atoms with van der Waals surface area (Å²) in [6, 6.07) is 2.20. The van der Waals surface area contributed by atoms with Crippen molar-refractivity contribution in [2.24, 2.45) is 0 Å². The van der Waals surface area contributed by atoms with E-state index in [0.717, 1.165) is 26.2 Å². The smallest absolute Gasteiger partial charge is 0.0699 e. The summed E-state index contributed by atoms with van der Waals surface area (Å²) in [6.07, 6.45) is 9.79. The van der Waals surface area contributed by atoms with Gasteiger partial charge in [-0.15, -0.1) is 0 Å². The second kappa shape index (κ2) is 6.82. The van der Waals surface area contributed by atoms with Gasteiger partial charge in [-0.2, -0.15) is 0 Å². The van der Waals surface area contributed by atoms with Crippen LogP contribution < -0.4 is 5.32 Å². The SMILES string of the molecule is CCCn1ccc(CNCC2CCCCO2)c1. The molecule has 1 saturated heterocycles. The Kier molecular flexibility index (Phi) is 5.08. The minimum atomic E-state index is 0.432. The largest absolute Gasteiger partial charge is 0.377 e. The number of hydrogen-bond acceptors (Lipinski definition) is 2. The second-order valence-electron chi connectivity index (χ2n) is 4.88. The monoisotopic (exact) mass is 236 g/mol. The molecule has 1 aromatic heterocycles. The van der Waals surface area contributed by atoms with Gasteiger partial charge >= 0.3 is 0 Å². The minimum absolute atomic E-state index is 0.432. The second-order valence-corrected chi connectivity index (χ2v) is 4.88. The van der Waals surface area contributed by atoms with Crippen molar-refractivity contribution in [2.75, 3.05) is 13.2 Å². The number of rotatable bonds is 6. The van der Waals surface area contributed by atoms with E-state index in [4.69, 9.17) is 4.74 Å². The van der Waals surface area contributed by atoms with Crippen LogP contribution in [0.5, 0.6) is 0 Å². The molecule has 0 spiro atoms. The van der Waals surface area contributed by atoms with Crippen molar-refractivity contribution >= 4 is 0 Å². The molecule has 1 fully saturated rings. The molecule has 1 aromatic rings. The number of aromatic nitrogens is 1. The van der Waals surface area contributed by atoms with E-state index in [1.165, 1.54) is 31.2 Å². The molecule has 1 aliphatic heterocycles. The van der Waals surface area contributed by atoms with Crippen molar-refractivity contribution in [3.63, 3.8) is 0 Å². The van der Waals surface area contributed by atoms with E-state index in [1.807, 2.05) is 0 Å². The van der Waals surface area contributed by atoms with Gasteiger partial charge in [-0.3, -0.25) is 0 Å². The van der Waals surface area contributed by atoms with Crippen molar-refractivity contribution in [3.8, 4) is 0 Å². The van der Waals surface area contributed by atoms with Gasteiger partial charge in [0, 0.05) is 38.6 Å². The third-order valence-corrected chi connectivity index (χ3v) is 3.27. The number of hydrogen-bond donors (Lipinski definition) is 1. The fourth-order valence-corrected chi connectivity index (χ4v) is 2.34. The molecule has 96 valence electrons. The van der Waals surface area contributed by atoms with Crippen LogP contribution in [0.3, 0.4) is 0 Å². The van der Waals surface area contributed by atoms with E-state index in [2.05, 4.69) is 35.3 Å². The molecular formula is C14H24N2O. The van der Waals surface area contributed by atoms with Crippen LogP contribution in [0.2, 0.25) is 0 Å². The molecule has 0 aliphatic carbocycles. The first kappa shape index (κ1) is 12.7. The van der Waals surface area contributed by atoms with E-state index in [9.17, 15) is 0 Å². The molecule has 0 aromatic carbocycles. The Morgan fingerprint density at radius 3 is 3.18 bits per heavy atom. The van der Waals surface area contributed by atoms with Crippen LogP contribution in [-0.4, -0.2) is 23.8 Å². The van der Waals surface area contributed by atoms with Gasteiger partial charge in [0.1, 0.15) is 0 Å². The van der Waals surface area contributed by atoms with Crippen molar-refractivity contribution in [3.05, 3.63) is 24.0 Å². The van der Waals surface area contributed by atoms with Crippen LogP contribution in [-0.2, 0) is 17.8 Å². The Labute approximate surface area is 104 Å². The molecule has 1 atom stereocenters. The van der Waals surface area contributed by atoms with Gasteiger partial charge < -0.3 is 14.6 Å². The maximum atomic E-state index is 5.69. The maximum absolute atomic E-state index is 5.69. The van der Waals surface area contributed by atoms with Gasteiger partial charge in [0.25, 0.3) is 0 Å². The Balaban J connectivity index is 1.66. The Morgan fingerprint density at radius 2 is 2.41 bits per heavy atom. The van der Waals surface area contributed by atoms with Gasteiger partial charge in [-0.1, -0.05) is 6.92 Å². The van der Waals surface area contributed by atoms with Crippen molar-refractivity contribution < 1.29 is 4.74 Å². The van der Waals surface area contributed by atoms with Crippen LogP contribution in [0.1, 0.15) is 38.2 Å². The fourth-order valence-electron chi connectivity index (χ4n) is 2.34. The maximum Gasteiger partial charge on any atom is 0.0699 e. The zero-order valence-electron chi connectivity index (χ0n) is 10.8. The average molecular weight is 236 g/mol. The predicted octanol–water partition coefficient (Wildman–Crippen LogP) is 2.56. The van der Waals surface area contributed by atoms with Crippen LogP contribution in [0.15, 0.2) is 18.5 Å². The average Bonchev–Trinajstić information content (AvgIpc) is 2.79. The highest BCUT2D eigenvalue weighted by Crippen LogP contribution is 2.11. The van der Waals surface area contributed by atoms with Gasteiger partial charge in [-0.25, -0.2) is 0 Å². The molecule has 0 bridgehead atoms. The van der Waals surface area contributed by atoms with Crippen LogP contribution >= 0.6 is 0 Å². The summed E-state index contributed by atoms with van der Waals surface area (Å²) in [5.41, 5.74) is 1.37. The molecule has 17 heavy (non-hydrogen) atoms. The number of aryl methyl sites for hydroxylation is 1. The predicted molar refractivity (Wildman–Crippen MR) is 70.0 cm³/mol. The van der Waals surface area contributed by atoms with E-state index in [-0.39, 0.29) is 0 Å². The summed E-state index contributed by atoms with van der Waals surface area (Å²) in [5, 5.41) is 3.49. The van der Waals surface area contributed by atoms with Crippen LogP contribution in [0.4, 0.5) is 0 Å². The first-order chi connectivity index (χ1) is 8.38. The first-order valence-corrected chi connectivity index (χ1v) is 6.85. The summed E-state index contributed by atoms with van der Waals surface area (Å²) in [4.78, 5) is 0. The topological polar surface area (TPSA) is 26.2 Å². The van der Waals surface area contributed by atoms with E-state index >= 15 is 0 Å². The lowest BCUT2D eigenvalue weighted by Crippen LogP contribution is -2.31. The number of nitrogens with one attached hydrogen (secondary N) is 1. The number of nitrogens with zero attached hydrogens (tertiary/aromatic N) is 1. The molecule has 3 heteroatoms. The van der Waals surface area contributed by atoms with Crippen molar-refractivity contribution in [1.82, 2.24) is 9.88 Å². The molecule has 2 heterocycles. The van der Waals surface area contributed by atoms with E-state index < -0.39 is 0 Å². The Bertz CT molecular complexity index is 316. The van der Waals surface area contributed by atoms with Gasteiger partial charge in [0.15, 0.2) is 0 Å². The van der Waals surface area contributed by atoms with Gasteiger partial charge in [0.2, 0.25) is 0 Å². The summed E-state index contributed by atoms with van der Waals surface area (Å²) in [6.45, 7) is 6.21. The lowest BCUT2D eigenvalue weighted by molar-refractivity contribution is 0.0168. The van der Waals surface area contributed by atoms with Crippen LogP contribution in [0, 0.1) is 0 Å². The lowest BCUT2D eigenvalue weighted by Gasteiger charge is -2.22. The molecule has 0 amide bonds. The third-order valence-electron chi connectivity index (χ3n) is 3.27. The summed E-state index contributed by atoms with van der Waals surface area (Å²) >= 11 is 0. The van der Waals surface area contributed by atoms with Gasteiger partial charge in [-0.05, 0) is 37.3 Å². The number of ether oxygens (including phenoxy) is 1. The molecule has 2 rings (SSSR count). The lowest BCUT2D eigenvalue weighted by atomic mass is 10.1. The normalized spacial score (nSPS) is 20.6. The van der Waals surface area contributed by atoms with Crippen LogP contribution in [0.25, 0.3) is 0 Å². The van der Waals surface area contributed by atoms with E-state index in [0.29, 0.717) is 6.10 Å². The summed E-state index contributed by atoms with van der Waals surface area (Å²) in [5.74, 6) is 0.